The molecule has 1 spiro atoms. The Balaban J connectivity index is 2.19. The van der Waals surface area contributed by atoms with Crippen molar-refractivity contribution in [1.82, 2.24) is 0 Å². The lowest BCUT2D eigenvalue weighted by atomic mass is 9.64. The molecule has 2 aliphatic rings. The van der Waals surface area contributed by atoms with Crippen LogP contribution in [-0.4, -0.2) is 18.1 Å². The van der Waals surface area contributed by atoms with E-state index in [1.165, 1.54) is 0 Å². The first-order valence-electron chi connectivity index (χ1n) is 5.00. The fourth-order valence-corrected chi connectivity index (χ4v) is 2.39. The van der Waals surface area contributed by atoms with E-state index in [2.05, 4.69) is 10.3 Å². The zero-order valence-corrected chi connectivity index (χ0v) is 8.32. The van der Waals surface area contributed by atoms with Gasteiger partial charge < -0.3 is 10.6 Å². The number of esters is 1. The van der Waals surface area contributed by atoms with Crippen LogP contribution in [0.3, 0.4) is 0 Å². The lowest BCUT2D eigenvalue weighted by Gasteiger charge is -2.43. The maximum atomic E-state index is 11.8. The van der Waals surface area contributed by atoms with Crippen molar-refractivity contribution in [3.05, 3.63) is 0 Å². The van der Waals surface area contributed by atoms with Crippen LogP contribution in [0.4, 0.5) is 0 Å². The van der Waals surface area contributed by atoms with Crippen LogP contribution in [0.1, 0.15) is 32.6 Å². The molecule has 2 aliphatic carbocycles. The summed E-state index contributed by atoms with van der Waals surface area (Å²) in [4.78, 5) is 11.8. The van der Waals surface area contributed by atoms with Crippen LogP contribution in [0.15, 0.2) is 10.3 Å². The second kappa shape index (κ2) is 2.93. The predicted molar refractivity (Wildman–Crippen MR) is 49.3 cm³/mol. The lowest BCUT2D eigenvalue weighted by molar-refractivity contribution is -0.158. The molecule has 2 saturated carbocycles. The second-order valence-corrected chi connectivity index (χ2v) is 4.08. The minimum Gasteiger partial charge on any atom is -0.464 e. The molecule has 0 aromatic carbocycles. The third-order valence-electron chi connectivity index (χ3n) is 3.54. The zero-order chi connectivity index (χ0) is 10.2. The molecule has 0 amide bonds. The number of hydrogen-bond acceptors (Lipinski definition) is 4. The van der Waals surface area contributed by atoms with Gasteiger partial charge >= 0.3 is 5.97 Å². The molecular formula is C9H15N3O2. The Labute approximate surface area is 82.7 Å². The first-order chi connectivity index (χ1) is 6.71. The van der Waals surface area contributed by atoms with Gasteiger partial charge in [0.25, 0.3) is 0 Å². The molecule has 2 rings (SSSR count). The van der Waals surface area contributed by atoms with Crippen molar-refractivity contribution in [2.24, 2.45) is 21.6 Å². The summed E-state index contributed by atoms with van der Waals surface area (Å²) in [5.74, 6) is 4.81. The topological polar surface area (TPSA) is 77.0 Å². The molecule has 0 radical (unpaired) electrons. The van der Waals surface area contributed by atoms with Crippen LogP contribution in [0.25, 0.3) is 0 Å². The van der Waals surface area contributed by atoms with Crippen LogP contribution in [0, 0.1) is 5.41 Å². The van der Waals surface area contributed by atoms with E-state index in [-0.39, 0.29) is 11.4 Å². The Kier molecular flexibility index (Phi) is 1.97. The lowest BCUT2D eigenvalue weighted by Crippen LogP contribution is -2.54. The highest BCUT2D eigenvalue weighted by Crippen LogP contribution is 2.68. The number of ether oxygens (including phenoxy) is 1. The monoisotopic (exact) mass is 197 g/mol. The highest BCUT2D eigenvalue weighted by Gasteiger charge is 2.71. The van der Waals surface area contributed by atoms with Crippen molar-refractivity contribution in [3.8, 4) is 0 Å². The van der Waals surface area contributed by atoms with E-state index < -0.39 is 5.54 Å². The summed E-state index contributed by atoms with van der Waals surface area (Å²) >= 11 is 0. The van der Waals surface area contributed by atoms with E-state index in [0.29, 0.717) is 6.61 Å². The van der Waals surface area contributed by atoms with Gasteiger partial charge in [0.1, 0.15) is 0 Å². The van der Waals surface area contributed by atoms with Gasteiger partial charge in [-0.05, 0) is 32.6 Å². The van der Waals surface area contributed by atoms with E-state index in [1.54, 1.807) is 6.92 Å². The van der Waals surface area contributed by atoms with Gasteiger partial charge in [0.2, 0.25) is 0 Å². The summed E-state index contributed by atoms with van der Waals surface area (Å²) in [5, 5.41) is 7.22. The Morgan fingerprint density at radius 1 is 1.43 bits per heavy atom. The number of hydrogen-bond donors (Lipinski definition) is 1. The van der Waals surface area contributed by atoms with Crippen molar-refractivity contribution in [2.45, 2.75) is 38.1 Å². The summed E-state index contributed by atoms with van der Waals surface area (Å²) in [5.41, 5.74) is -0.695. The summed E-state index contributed by atoms with van der Waals surface area (Å²) < 4.78 is 5.03. The van der Waals surface area contributed by atoms with Gasteiger partial charge in [-0.3, -0.25) is 0 Å². The van der Waals surface area contributed by atoms with Crippen LogP contribution in [-0.2, 0) is 9.53 Å². The van der Waals surface area contributed by atoms with Gasteiger partial charge in [-0.2, -0.15) is 5.11 Å². The number of nitrogens with two attached hydrogens (primary N) is 1. The van der Waals surface area contributed by atoms with Gasteiger partial charge in [0.15, 0.2) is 5.54 Å². The molecule has 0 saturated heterocycles. The Bertz CT molecular complexity index is 286. The smallest absolute Gasteiger partial charge is 0.336 e. The molecule has 0 aromatic rings. The molecular weight excluding hydrogens is 182 g/mol. The van der Waals surface area contributed by atoms with Crippen molar-refractivity contribution in [1.29, 1.82) is 0 Å². The summed E-state index contributed by atoms with van der Waals surface area (Å²) in [7, 11) is 0. The fraction of sp³-hybridized carbons (Fsp3) is 0.889. The highest BCUT2D eigenvalue weighted by molar-refractivity contribution is 5.84. The molecule has 0 aromatic heterocycles. The Morgan fingerprint density at radius 2 is 2.07 bits per heavy atom. The summed E-state index contributed by atoms with van der Waals surface area (Å²) in [6.45, 7) is 2.18. The average molecular weight is 197 g/mol. The van der Waals surface area contributed by atoms with Crippen molar-refractivity contribution in [2.75, 3.05) is 6.61 Å². The van der Waals surface area contributed by atoms with E-state index in [0.717, 1.165) is 25.7 Å². The third-order valence-corrected chi connectivity index (χ3v) is 3.54. The molecule has 0 aliphatic heterocycles. The maximum Gasteiger partial charge on any atom is 0.336 e. The van der Waals surface area contributed by atoms with Gasteiger partial charge in [-0.15, -0.1) is 0 Å². The molecule has 5 heteroatoms. The largest absolute Gasteiger partial charge is 0.464 e. The van der Waals surface area contributed by atoms with Gasteiger partial charge in [-0.25, -0.2) is 4.79 Å². The fourth-order valence-electron chi connectivity index (χ4n) is 2.39. The number of nitrogens with zero attached hydrogens (tertiary/aromatic N) is 2. The molecule has 2 fully saturated rings. The van der Waals surface area contributed by atoms with E-state index >= 15 is 0 Å². The Morgan fingerprint density at radius 3 is 2.43 bits per heavy atom. The van der Waals surface area contributed by atoms with E-state index in [9.17, 15) is 4.79 Å². The normalized spacial score (nSPS) is 32.9. The second-order valence-electron chi connectivity index (χ2n) is 4.08. The first kappa shape index (κ1) is 9.43. The van der Waals surface area contributed by atoms with Crippen LogP contribution in [0.5, 0.6) is 0 Å². The number of carbonyl (C=O) groups is 1. The quantitative estimate of drug-likeness (QED) is 0.319. The predicted octanol–water partition coefficient (Wildman–Crippen LogP) is 1.19. The van der Waals surface area contributed by atoms with Crippen molar-refractivity contribution >= 4 is 5.97 Å². The average Bonchev–Trinajstić information content (AvgIpc) is 2.94. The van der Waals surface area contributed by atoms with E-state index in [4.69, 9.17) is 10.6 Å². The summed E-state index contributed by atoms with van der Waals surface area (Å²) in [6, 6.07) is 0. The van der Waals surface area contributed by atoms with Gasteiger partial charge in [0, 0.05) is 5.41 Å². The minimum absolute atomic E-state index is 0.0438. The van der Waals surface area contributed by atoms with Crippen LogP contribution < -0.4 is 5.84 Å². The highest BCUT2D eigenvalue weighted by atomic mass is 16.5. The third kappa shape index (κ3) is 0.980. The molecule has 0 heterocycles. The Hall–Kier alpha value is -1.13. The summed E-state index contributed by atoms with van der Waals surface area (Å²) in [6.07, 6.45) is 3.87. The van der Waals surface area contributed by atoms with Gasteiger partial charge in [-0.1, -0.05) is 5.22 Å². The molecule has 14 heavy (non-hydrogen) atoms. The number of rotatable bonds is 3. The molecule has 1 unspecified atom stereocenters. The zero-order valence-electron chi connectivity index (χ0n) is 8.32. The van der Waals surface area contributed by atoms with Gasteiger partial charge in [0.05, 0.1) is 6.61 Å². The molecule has 1 atom stereocenters. The SMILES string of the molecule is CCOC(=O)C1(N=NN)CCC12CC2. The van der Waals surface area contributed by atoms with Crippen LogP contribution >= 0.6 is 0 Å². The number of carbonyl (C=O) groups excluding carboxylic acids is 1. The molecule has 5 nitrogen and oxygen atoms in total. The maximum absolute atomic E-state index is 11.8. The molecule has 2 N–H and O–H groups in total. The van der Waals surface area contributed by atoms with Crippen molar-refractivity contribution < 1.29 is 9.53 Å². The van der Waals surface area contributed by atoms with E-state index in [1.807, 2.05) is 0 Å². The van der Waals surface area contributed by atoms with Crippen LogP contribution in [0.2, 0.25) is 0 Å². The standard InChI is InChI=1S/C9H15N3O2/c1-2-14-7(13)9(11-12-10)6-5-8(9)3-4-8/h2-6H2,1H3,(H2,10,11). The van der Waals surface area contributed by atoms with Crippen molar-refractivity contribution in [3.63, 3.8) is 0 Å². The first-order valence-corrected chi connectivity index (χ1v) is 5.00. The molecule has 0 bridgehead atoms. The molecule has 78 valence electrons. The minimum atomic E-state index is -0.738.